The molecule has 9 rings (SSSR count). The second kappa shape index (κ2) is 26.6. The maximum atomic E-state index is 14.6. The smallest absolute Gasteiger partial charge is 0.481 e. The molecule has 2 heterocycles. The number of nitrogens with two attached hydrogens (primary N) is 3. The van der Waals surface area contributed by atoms with E-state index in [0.717, 1.165) is 49.8 Å². The Morgan fingerprint density at radius 2 is 1.44 bits per heavy atom. The molecule has 420 valence electrons. The second-order valence-electron chi connectivity index (χ2n) is 22.1. The molecule has 18 heteroatoms. The van der Waals surface area contributed by atoms with E-state index < -0.39 is 72.9 Å². The van der Waals surface area contributed by atoms with Crippen LogP contribution < -0.4 is 47.9 Å². The van der Waals surface area contributed by atoms with E-state index in [1.165, 1.54) is 37.3 Å². The van der Waals surface area contributed by atoms with Crippen LogP contribution in [-0.2, 0) is 41.3 Å². The molecule has 5 amide bonds. The Balaban J connectivity index is 0.00000169. The van der Waals surface area contributed by atoms with Crippen LogP contribution in [0.25, 0.3) is 22.3 Å². The first-order valence-electron chi connectivity index (χ1n) is 28.0. The highest BCUT2D eigenvalue weighted by Crippen LogP contribution is 2.65. The Bertz CT molecular complexity index is 2720. The van der Waals surface area contributed by atoms with Crippen LogP contribution in [0.3, 0.4) is 0 Å². The SMILES string of the molecule is CCCCN.CCCCc1ccc(-c2ccc(C(=O)NCC(=O)N(C)C3C(=O)N[C@@H](C)C(=O)NC(C(=O)N[C@@H](C)B4O[C@@H]5CC6CC(C6(C)C)[C@]5(C)O4)Cc4ccc(OCCN)c(c4)-c4cc3ccc4OCCN)cc2)cc1. The number of hydrogen-bond donors (Lipinski definition) is 7. The molecule has 0 aromatic heterocycles. The molecule has 4 fully saturated rings. The largest absolute Gasteiger partial charge is 0.492 e. The fourth-order valence-corrected chi connectivity index (χ4v) is 11.4. The Morgan fingerprint density at radius 3 is 2.04 bits per heavy atom. The fourth-order valence-electron chi connectivity index (χ4n) is 11.4. The Labute approximate surface area is 461 Å². The molecule has 4 aromatic carbocycles. The van der Waals surface area contributed by atoms with Crippen molar-refractivity contribution in [3.63, 3.8) is 0 Å². The van der Waals surface area contributed by atoms with Crippen molar-refractivity contribution in [3.05, 3.63) is 107 Å². The van der Waals surface area contributed by atoms with Crippen molar-refractivity contribution >= 4 is 36.7 Å². The predicted molar refractivity (Wildman–Crippen MR) is 304 cm³/mol. The first-order valence-corrected chi connectivity index (χ1v) is 28.0. The molecule has 8 atom stereocenters. The number of hydrogen-bond acceptors (Lipinski definition) is 12. The van der Waals surface area contributed by atoms with Gasteiger partial charge in [-0.05, 0) is 141 Å². The summed E-state index contributed by atoms with van der Waals surface area (Å²) >= 11 is 0. The van der Waals surface area contributed by atoms with E-state index in [9.17, 15) is 24.0 Å². The lowest BCUT2D eigenvalue weighted by atomic mass is 9.43. The molecule has 3 aliphatic carbocycles. The molecular formula is C60H83BN8O9. The van der Waals surface area contributed by atoms with E-state index in [4.69, 9.17) is 36.0 Å². The number of aryl methyl sites for hydroxylation is 1. The summed E-state index contributed by atoms with van der Waals surface area (Å²) in [6.45, 7) is 15.5. The Morgan fingerprint density at radius 1 is 0.808 bits per heavy atom. The summed E-state index contributed by atoms with van der Waals surface area (Å²) in [5, 5.41) is 11.5. The summed E-state index contributed by atoms with van der Waals surface area (Å²) in [6, 6.07) is 22.5. The first-order chi connectivity index (χ1) is 37.4. The molecular weight excluding hydrogens is 988 g/mol. The van der Waals surface area contributed by atoms with Crippen LogP contribution in [0.4, 0.5) is 0 Å². The van der Waals surface area contributed by atoms with Gasteiger partial charge in [0.05, 0.1) is 24.2 Å². The molecule has 3 saturated carbocycles. The van der Waals surface area contributed by atoms with E-state index in [0.29, 0.717) is 51.2 Å². The number of fused-ring (bicyclic) bond motifs is 5. The van der Waals surface area contributed by atoms with Gasteiger partial charge in [-0.25, -0.2) is 0 Å². The standard InChI is InChI=1S/C56H72BN7O9.C4H11N/c1-8-9-10-35-11-14-37(15-12-35)38-16-18-39(19-17-38)52(67)60-32-49(65)64(7)50-40-20-22-46(71-26-24-59)43(29-40)42-27-36(13-21-45(42)70-25-23-58)28-44(63-51(66)33(2)61-54(50)69)53(68)62-34(3)57-72-48-31-41-30-47(55(41,4)5)56(48,6)73-57;1-2-3-4-5/h11-22,27,29,33-34,41,44,47-48,50H,8-10,23-26,28,30-32,58-59H2,1-7H3,(H,60,67)(H,61,69)(H,62,68)(H,63,66);2-5H2,1H3/t33-,34-,41?,44?,47?,48+,50?,56-;/m0./s1. The highest BCUT2D eigenvalue weighted by Gasteiger charge is 2.68. The fraction of sp³-hybridized carbons (Fsp3) is 0.517. The average molecular weight is 1070 g/mol. The highest BCUT2D eigenvalue weighted by molar-refractivity contribution is 6.47. The molecule has 5 aliphatic rings. The van der Waals surface area contributed by atoms with Gasteiger partial charge in [-0.3, -0.25) is 24.0 Å². The van der Waals surface area contributed by atoms with Gasteiger partial charge in [0.1, 0.15) is 42.8 Å². The number of benzene rings is 4. The van der Waals surface area contributed by atoms with Gasteiger partial charge in [-0.1, -0.05) is 89.1 Å². The maximum absolute atomic E-state index is 14.6. The third kappa shape index (κ3) is 13.6. The number of carbonyl (C=O) groups excluding carboxylic acids is 5. The summed E-state index contributed by atoms with van der Waals surface area (Å²) in [6.07, 6.45) is 7.61. The van der Waals surface area contributed by atoms with Crippen molar-refractivity contribution in [2.24, 2.45) is 34.5 Å². The van der Waals surface area contributed by atoms with Gasteiger partial charge < -0.3 is 62.2 Å². The molecule has 78 heavy (non-hydrogen) atoms. The van der Waals surface area contributed by atoms with Gasteiger partial charge in [0.25, 0.3) is 5.91 Å². The maximum Gasteiger partial charge on any atom is 0.481 e. The minimum atomic E-state index is -1.32. The van der Waals surface area contributed by atoms with Crippen molar-refractivity contribution in [1.29, 1.82) is 0 Å². The highest BCUT2D eigenvalue weighted by atomic mass is 16.7. The number of likely N-dealkylation sites (N-methyl/N-ethyl adjacent to an activating group) is 1. The molecule has 4 aromatic rings. The van der Waals surface area contributed by atoms with Crippen LogP contribution in [0.15, 0.2) is 84.9 Å². The summed E-state index contributed by atoms with van der Waals surface area (Å²) < 4.78 is 25.5. The number of nitrogens with zero attached hydrogens (tertiary/aromatic N) is 1. The summed E-state index contributed by atoms with van der Waals surface area (Å²) in [4.78, 5) is 72.1. The molecule has 6 bridgehead atoms. The zero-order valence-corrected chi connectivity index (χ0v) is 47.0. The van der Waals surface area contributed by atoms with Crippen LogP contribution in [0.1, 0.15) is 120 Å². The lowest BCUT2D eigenvalue weighted by molar-refractivity contribution is -0.199. The zero-order valence-electron chi connectivity index (χ0n) is 47.0. The van der Waals surface area contributed by atoms with E-state index in [-0.39, 0.29) is 44.2 Å². The van der Waals surface area contributed by atoms with Crippen LogP contribution >= 0.6 is 0 Å². The monoisotopic (exact) mass is 1070 g/mol. The number of unbranched alkanes of at least 4 members (excludes halogenated alkanes) is 2. The van der Waals surface area contributed by atoms with Crippen molar-refractivity contribution < 1.29 is 42.8 Å². The number of rotatable bonds is 19. The third-order valence-corrected chi connectivity index (χ3v) is 16.2. The third-order valence-electron chi connectivity index (χ3n) is 16.2. The lowest BCUT2D eigenvalue weighted by Crippen LogP contribution is -2.65. The van der Waals surface area contributed by atoms with Crippen molar-refractivity contribution in [3.8, 4) is 33.8 Å². The van der Waals surface area contributed by atoms with Crippen LogP contribution in [0.2, 0.25) is 0 Å². The van der Waals surface area contributed by atoms with E-state index in [1.807, 2.05) is 31.2 Å². The number of amides is 5. The molecule has 0 spiro atoms. The Hall–Kier alpha value is -6.31. The molecule has 2 aliphatic heterocycles. The molecule has 10 N–H and O–H groups in total. The average Bonchev–Trinajstić information content (AvgIpc) is 3.87. The Kier molecular flexibility index (Phi) is 20.2. The van der Waals surface area contributed by atoms with Gasteiger partial charge in [0, 0.05) is 43.2 Å². The van der Waals surface area contributed by atoms with Gasteiger partial charge >= 0.3 is 7.12 Å². The first kappa shape index (κ1) is 59.4. The second-order valence-corrected chi connectivity index (χ2v) is 22.1. The van der Waals surface area contributed by atoms with Gasteiger partial charge in [0.2, 0.25) is 23.6 Å². The van der Waals surface area contributed by atoms with Crippen LogP contribution in [0.5, 0.6) is 11.5 Å². The van der Waals surface area contributed by atoms with Crippen molar-refractivity contribution in [1.82, 2.24) is 26.2 Å². The number of carbonyl (C=O) groups is 5. The van der Waals surface area contributed by atoms with E-state index >= 15 is 0 Å². The lowest BCUT2D eigenvalue weighted by Gasteiger charge is -2.64. The summed E-state index contributed by atoms with van der Waals surface area (Å²) in [5.41, 5.74) is 22.3. The summed E-state index contributed by atoms with van der Waals surface area (Å²) in [5.74, 6) is -1.68. The zero-order chi connectivity index (χ0) is 56.3. The molecule has 0 radical (unpaired) electrons. The van der Waals surface area contributed by atoms with Gasteiger partial charge in [-0.15, -0.1) is 0 Å². The molecule has 4 unspecified atom stereocenters. The molecule has 17 nitrogen and oxygen atoms in total. The normalized spacial score (nSPS) is 23.3. The topological polar surface area (TPSA) is 252 Å². The number of ether oxygens (including phenoxy) is 2. The van der Waals surface area contributed by atoms with Crippen LogP contribution in [0, 0.1) is 17.3 Å². The predicted octanol–water partition coefficient (Wildman–Crippen LogP) is 6.03. The minimum absolute atomic E-state index is 0.0567. The van der Waals surface area contributed by atoms with Crippen LogP contribution in [-0.4, -0.2) is 118 Å². The van der Waals surface area contributed by atoms with Crippen molar-refractivity contribution in [2.75, 3.05) is 46.4 Å². The summed E-state index contributed by atoms with van der Waals surface area (Å²) in [7, 11) is 0.758. The van der Waals surface area contributed by atoms with Crippen molar-refractivity contribution in [2.45, 2.75) is 136 Å². The van der Waals surface area contributed by atoms with E-state index in [2.05, 4.69) is 80.2 Å². The van der Waals surface area contributed by atoms with Gasteiger partial charge in [-0.2, -0.15) is 0 Å². The van der Waals surface area contributed by atoms with Gasteiger partial charge in [0.15, 0.2) is 0 Å². The minimum Gasteiger partial charge on any atom is -0.492 e. The quantitative estimate of drug-likeness (QED) is 0.0532. The molecule has 1 saturated heterocycles. The number of nitrogens with one attached hydrogen (secondary N) is 4. The van der Waals surface area contributed by atoms with E-state index in [1.54, 1.807) is 36.4 Å².